The molecule has 3 rings (SSSR count). The van der Waals surface area contributed by atoms with Gasteiger partial charge in [0.15, 0.2) is 0 Å². The summed E-state index contributed by atoms with van der Waals surface area (Å²) in [5, 5.41) is 7.62. The van der Waals surface area contributed by atoms with Gasteiger partial charge in [-0.3, -0.25) is 14.4 Å². The summed E-state index contributed by atoms with van der Waals surface area (Å²) >= 11 is 1.47. The Morgan fingerprint density at radius 1 is 1.31 bits per heavy atom. The molecule has 7 nitrogen and oxygen atoms in total. The molecule has 0 atom stereocenters. The van der Waals surface area contributed by atoms with Crippen LogP contribution in [0.2, 0.25) is 0 Å². The highest BCUT2D eigenvalue weighted by molar-refractivity contribution is 7.17. The van der Waals surface area contributed by atoms with Gasteiger partial charge in [0.25, 0.3) is 5.91 Å². The molecule has 0 fully saturated rings. The number of ether oxygens (including phenoxy) is 1. The molecule has 1 aliphatic rings. The lowest BCUT2D eigenvalue weighted by atomic mass is 10.0. The standard InChI is InChI=1S/C18H24N4O3S/c1-4-21-10-8-12-14(11-21)26-17(15(12)18(24)25-6-3)20-16(23)13-7-9-19-22(13)5-2/h7,9H,4-6,8,10-11H2,1-3H3,(H,20,23). The summed E-state index contributed by atoms with van der Waals surface area (Å²) in [4.78, 5) is 28.7. The molecular weight excluding hydrogens is 352 g/mol. The van der Waals surface area contributed by atoms with Gasteiger partial charge in [0, 0.05) is 30.7 Å². The SMILES string of the molecule is CCOC(=O)c1c(NC(=O)c2ccnn2CC)sc2c1CCN(CC)C2. The fraction of sp³-hybridized carbons (Fsp3) is 0.500. The van der Waals surface area contributed by atoms with Gasteiger partial charge in [-0.15, -0.1) is 11.3 Å². The zero-order valence-corrected chi connectivity index (χ0v) is 16.2. The lowest BCUT2D eigenvalue weighted by Gasteiger charge is -2.25. The molecule has 0 saturated carbocycles. The zero-order valence-electron chi connectivity index (χ0n) is 15.4. The molecule has 0 radical (unpaired) electrons. The Morgan fingerprint density at radius 2 is 2.12 bits per heavy atom. The fourth-order valence-corrected chi connectivity index (χ4v) is 4.45. The number of nitrogens with zero attached hydrogens (tertiary/aromatic N) is 3. The Labute approximate surface area is 156 Å². The largest absolute Gasteiger partial charge is 0.462 e. The summed E-state index contributed by atoms with van der Waals surface area (Å²) in [6, 6.07) is 1.68. The summed E-state index contributed by atoms with van der Waals surface area (Å²) in [5.74, 6) is -0.630. The molecule has 3 heterocycles. The maximum atomic E-state index is 12.7. The number of aryl methyl sites for hydroxylation is 1. The van der Waals surface area contributed by atoms with Gasteiger partial charge in [-0.25, -0.2) is 4.79 Å². The third-order valence-electron chi connectivity index (χ3n) is 4.54. The summed E-state index contributed by atoms with van der Waals surface area (Å²) in [7, 11) is 0. The normalized spacial score (nSPS) is 14.1. The van der Waals surface area contributed by atoms with Crippen LogP contribution in [-0.4, -0.2) is 46.3 Å². The van der Waals surface area contributed by atoms with E-state index >= 15 is 0 Å². The molecule has 0 aromatic carbocycles. The second-order valence-electron chi connectivity index (χ2n) is 6.03. The van der Waals surface area contributed by atoms with Crippen LogP contribution in [0.1, 0.15) is 52.1 Å². The molecule has 0 bridgehead atoms. The first kappa shape index (κ1) is 18.6. The Balaban J connectivity index is 1.94. The zero-order chi connectivity index (χ0) is 18.7. The molecule has 8 heteroatoms. The van der Waals surface area contributed by atoms with Crippen molar-refractivity contribution in [1.29, 1.82) is 0 Å². The Morgan fingerprint density at radius 3 is 2.81 bits per heavy atom. The highest BCUT2D eigenvalue weighted by Crippen LogP contribution is 2.37. The van der Waals surface area contributed by atoms with Crippen molar-refractivity contribution in [2.75, 3.05) is 25.0 Å². The van der Waals surface area contributed by atoms with Crippen molar-refractivity contribution in [1.82, 2.24) is 14.7 Å². The van der Waals surface area contributed by atoms with Crippen LogP contribution in [-0.2, 0) is 24.2 Å². The number of esters is 1. The quantitative estimate of drug-likeness (QED) is 0.785. The highest BCUT2D eigenvalue weighted by atomic mass is 32.1. The predicted octanol–water partition coefficient (Wildman–Crippen LogP) is 2.77. The first-order chi connectivity index (χ1) is 12.6. The van der Waals surface area contributed by atoms with Gasteiger partial charge in [0.1, 0.15) is 10.7 Å². The van der Waals surface area contributed by atoms with Crippen LogP contribution < -0.4 is 5.32 Å². The number of nitrogens with one attached hydrogen (secondary N) is 1. The molecule has 1 N–H and O–H groups in total. The van der Waals surface area contributed by atoms with E-state index in [2.05, 4.69) is 22.2 Å². The van der Waals surface area contributed by atoms with Gasteiger partial charge in [0.05, 0.1) is 12.2 Å². The Bertz CT molecular complexity index is 811. The monoisotopic (exact) mass is 376 g/mol. The van der Waals surface area contributed by atoms with E-state index in [1.807, 2.05) is 6.92 Å². The minimum atomic E-state index is -0.366. The second kappa shape index (κ2) is 8.01. The number of hydrogen-bond donors (Lipinski definition) is 1. The number of thiophene rings is 1. The topological polar surface area (TPSA) is 76.5 Å². The number of carbonyl (C=O) groups excluding carboxylic acids is 2. The molecule has 1 aliphatic heterocycles. The van der Waals surface area contributed by atoms with Crippen LogP contribution in [0.4, 0.5) is 5.00 Å². The molecular formula is C18H24N4O3S. The molecule has 1 amide bonds. The smallest absolute Gasteiger partial charge is 0.341 e. The molecule has 0 saturated heterocycles. The van der Waals surface area contributed by atoms with Gasteiger partial charge in [-0.1, -0.05) is 6.92 Å². The van der Waals surface area contributed by atoms with E-state index in [0.29, 0.717) is 29.4 Å². The molecule has 0 aliphatic carbocycles. The van der Waals surface area contributed by atoms with Gasteiger partial charge < -0.3 is 10.1 Å². The number of aromatic nitrogens is 2. The van der Waals surface area contributed by atoms with Gasteiger partial charge in [-0.2, -0.15) is 5.10 Å². The van der Waals surface area contributed by atoms with E-state index in [1.165, 1.54) is 11.3 Å². The molecule has 26 heavy (non-hydrogen) atoms. The lowest BCUT2D eigenvalue weighted by Crippen LogP contribution is -2.30. The number of carbonyl (C=O) groups is 2. The number of anilines is 1. The van der Waals surface area contributed by atoms with E-state index in [-0.39, 0.29) is 11.9 Å². The van der Waals surface area contributed by atoms with E-state index in [9.17, 15) is 9.59 Å². The third kappa shape index (κ3) is 3.52. The maximum absolute atomic E-state index is 12.7. The van der Waals surface area contributed by atoms with Crippen molar-refractivity contribution in [2.45, 2.75) is 40.3 Å². The first-order valence-electron chi connectivity index (χ1n) is 8.96. The predicted molar refractivity (Wildman–Crippen MR) is 101 cm³/mol. The Hall–Kier alpha value is -2.19. The van der Waals surface area contributed by atoms with Crippen molar-refractivity contribution in [3.8, 4) is 0 Å². The van der Waals surface area contributed by atoms with E-state index < -0.39 is 0 Å². The van der Waals surface area contributed by atoms with E-state index in [1.54, 1.807) is 23.9 Å². The number of amides is 1. The average molecular weight is 376 g/mol. The van der Waals surface area contributed by atoms with Crippen molar-refractivity contribution in [2.24, 2.45) is 0 Å². The molecule has 0 spiro atoms. The van der Waals surface area contributed by atoms with E-state index in [0.717, 1.165) is 36.5 Å². The van der Waals surface area contributed by atoms with Crippen LogP contribution in [0, 0.1) is 0 Å². The maximum Gasteiger partial charge on any atom is 0.341 e. The molecule has 140 valence electrons. The second-order valence-corrected chi connectivity index (χ2v) is 7.14. The molecule has 2 aromatic rings. The fourth-order valence-electron chi connectivity index (χ4n) is 3.18. The van der Waals surface area contributed by atoms with E-state index in [4.69, 9.17) is 4.74 Å². The van der Waals surface area contributed by atoms with Crippen molar-refractivity contribution in [3.05, 3.63) is 34.0 Å². The number of hydrogen-bond acceptors (Lipinski definition) is 6. The average Bonchev–Trinajstić information content (AvgIpc) is 3.25. The van der Waals surface area contributed by atoms with Gasteiger partial charge >= 0.3 is 5.97 Å². The summed E-state index contributed by atoms with van der Waals surface area (Å²) in [6.45, 7) is 9.41. The van der Waals surface area contributed by atoms with Crippen LogP contribution in [0.3, 0.4) is 0 Å². The lowest BCUT2D eigenvalue weighted by molar-refractivity contribution is 0.0526. The van der Waals surface area contributed by atoms with Crippen LogP contribution in [0.5, 0.6) is 0 Å². The Kier molecular flexibility index (Phi) is 5.73. The van der Waals surface area contributed by atoms with Crippen molar-refractivity contribution in [3.63, 3.8) is 0 Å². The summed E-state index contributed by atoms with van der Waals surface area (Å²) < 4.78 is 6.88. The van der Waals surface area contributed by atoms with Crippen LogP contribution in [0.15, 0.2) is 12.3 Å². The van der Waals surface area contributed by atoms with Gasteiger partial charge in [-0.05, 0) is 38.4 Å². The number of likely N-dealkylation sites (N-methyl/N-ethyl adjacent to an activating group) is 1. The molecule has 0 unspecified atom stereocenters. The number of rotatable bonds is 6. The van der Waals surface area contributed by atoms with Gasteiger partial charge in [0.2, 0.25) is 0 Å². The summed E-state index contributed by atoms with van der Waals surface area (Å²) in [5.41, 5.74) is 2.00. The van der Waals surface area contributed by atoms with Crippen molar-refractivity contribution < 1.29 is 14.3 Å². The minimum absolute atomic E-state index is 0.263. The summed E-state index contributed by atoms with van der Waals surface area (Å²) in [6.07, 6.45) is 2.39. The van der Waals surface area contributed by atoms with Crippen LogP contribution in [0.25, 0.3) is 0 Å². The first-order valence-corrected chi connectivity index (χ1v) is 9.77. The highest BCUT2D eigenvalue weighted by Gasteiger charge is 2.29. The minimum Gasteiger partial charge on any atom is -0.462 e. The third-order valence-corrected chi connectivity index (χ3v) is 5.67. The molecule has 2 aromatic heterocycles. The number of fused-ring (bicyclic) bond motifs is 1. The van der Waals surface area contributed by atoms with Crippen molar-refractivity contribution >= 4 is 28.2 Å². The van der Waals surface area contributed by atoms with Crippen LogP contribution >= 0.6 is 11.3 Å².